The molecule has 3 aromatic rings. The number of halogens is 1. The van der Waals surface area contributed by atoms with Crippen molar-refractivity contribution in [3.63, 3.8) is 0 Å². The van der Waals surface area contributed by atoms with Gasteiger partial charge in [-0.05, 0) is 42.8 Å². The van der Waals surface area contributed by atoms with Crippen LogP contribution in [0.2, 0.25) is 0 Å². The predicted octanol–water partition coefficient (Wildman–Crippen LogP) is 4.24. The van der Waals surface area contributed by atoms with Crippen molar-refractivity contribution in [1.29, 1.82) is 0 Å². The lowest BCUT2D eigenvalue weighted by Crippen LogP contribution is -2.16. The van der Waals surface area contributed by atoms with Crippen LogP contribution in [0, 0.1) is 0 Å². The Bertz CT molecular complexity index is 980. The van der Waals surface area contributed by atoms with Crippen LogP contribution >= 0.6 is 15.9 Å². The fourth-order valence-electron chi connectivity index (χ4n) is 2.69. The lowest BCUT2D eigenvalue weighted by atomic mass is 10.2. The second-order valence-electron chi connectivity index (χ2n) is 6.09. The summed E-state index contributed by atoms with van der Waals surface area (Å²) in [5.74, 6) is 0.979. The van der Waals surface area contributed by atoms with Gasteiger partial charge in [-0.1, -0.05) is 34.1 Å². The molecule has 1 aromatic heterocycles. The average molecular weight is 430 g/mol. The van der Waals surface area contributed by atoms with Crippen molar-refractivity contribution in [3.8, 4) is 17.2 Å². The van der Waals surface area contributed by atoms with Crippen LogP contribution in [0.5, 0.6) is 11.5 Å². The highest BCUT2D eigenvalue weighted by Crippen LogP contribution is 2.22. The Morgan fingerprint density at radius 2 is 1.89 bits per heavy atom. The molecule has 1 heterocycles. The van der Waals surface area contributed by atoms with E-state index in [1.807, 2.05) is 48.5 Å². The maximum absolute atomic E-state index is 12.4. The van der Waals surface area contributed by atoms with Gasteiger partial charge in [0.05, 0.1) is 25.1 Å². The number of hydrogen-bond donors (Lipinski definition) is 1. The maximum Gasteiger partial charge on any atom is 0.223 e. The van der Waals surface area contributed by atoms with Crippen LogP contribution in [0.3, 0.4) is 0 Å². The summed E-state index contributed by atoms with van der Waals surface area (Å²) in [6.45, 7) is 1.88. The number of rotatable bonds is 6. The van der Waals surface area contributed by atoms with Gasteiger partial charge in [-0.25, -0.2) is 0 Å². The first kappa shape index (κ1) is 19.2. The minimum Gasteiger partial charge on any atom is -0.497 e. The van der Waals surface area contributed by atoms with Gasteiger partial charge in [0.1, 0.15) is 12.4 Å². The first-order valence-electron chi connectivity index (χ1n) is 8.44. The van der Waals surface area contributed by atoms with Gasteiger partial charge in [-0.15, -0.1) is 0 Å². The number of hydrogen-bond acceptors (Lipinski definition) is 4. The summed E-state index contributed by atoms with van der Waals surface area (Å²) in [6, 6.07) is 16.5. The number of nitrogens with zero attached hydrogens (tertiary/aromatic N) is 1. The topological polar surface area (TPSA) is 60.7 Å². The van der Waals surface area contributed by atoms with E-state index in [1.165, 1.54) is 6.07 Å². The Kier molecular flexibility index (Phi) is 5.98. The molecule has 140 valence electrons. The Hall–Kier alpha value is -2.57. The third kappa shape index (κ3) is 4.59. The number of pyridine rings is 1. The van der Waals surface area contributed by atoms with Gasteiger partial charge in [0.2, 0.25) is 5.43 Å². The molecule has 0 fully saturated rings. The fraction of sp³-hybridized carbons (Fsp3) is 0.190. The highest BCUT2D eigenvalue weighted by atomic mass is 79.9. The van der Waals surface area contributed by atoms with E-state index < -0.39 is 6.10 Å². The quantitative estimate of drug-likeness (QED) is 0.636. The molecule has 0 amide bonds. The molecule has 0 spiro atoms. The van der Waals surface area contributed by atoms with Crippen molar-refractivity contribution in [2.24, 2.45) is 0 Å². The zero-order chi connectivity index (χ0) is 19.4. The second kappa shape index (κ2) is 8.41. The first-order chi connectivity index (χ1) is 13.0. The van der Waals surface area contributed by atoms with E-state index in [2.05, 4.69) is 15.9 Å². The molecule has 2 aromatic carbocycles. The summed E-state index contributed by atoms with van der Waals surface area (Å²) < 4.78 is 13.6. The van der Waals surface area contributed by atoms with E-state index in [-0.39, 0.29) is 17.8 Å². The molecule has 0 saturated heterocycles. The summed E-state index contributed by atoms with van der Waals surface area (Å²) in [4.78, 5) is 12.4. The summed E-state index contributed by atoms with van der Waals surface area (Å²) >= 11 is 3.45. The molecule has 3 rings (SSSR count). The van der Waals surface area contributed by atoms with Gasteiger partial charge in [0.15, 0.2) is 5.75 Å². The van der Waals surface area contributed by atoms with Crippen LogP contribution in [-0.4, -0.2) is 16.8 Å². The van der Waals surface area contributed by atoms with Gasteiger partial charge < -0.3 is 19.1 Å². The number of aromatic nitrogens is 1. The lowest BCUT2D eigenvalue weighted by Gasteiger charge is -2.17. The number of benzene rings is 2. The highest BCUT2D eigenvalue weighted by molar-refractivity contribution is 9.10. The van der Waals surface area contributed by atoms with Crippen LogP contribution in [0.4, 0.5) is 0 Å². The van der Waals surface area contributed by atoms with Gasteiger partial charge >= 0.3 is 0 Å². The van der Waals surface area contributed by atoms with E-state index in [0.717, 1.165) is 21.5 Å². The molecule has 1 atom stereocenters. The van der Waals surface area contributed by atoms with Crippen molar-refractivity contribution >= 4 is 15.9 Å². The second-order valence-corrected chi connectivity index (χ2v) is 7.01. The molecule has 0 aliphatic rings. The molecule has 27 heavy (non-hydrogen) atoms. The monoisotopic (exact) mass is 429 g/mol. The minimum atomic E-state index is -0.799. The van der Waals surface area contributed by atoms with Crippen LogP contribution < -0.4 is 14.9 Å². The summed E-state index contributed by atoms with van der Waals surface area (Å²) in [5, 5.41) is 10.1. The number of ether oxygens (including phenoxy) is 2. The van der Waals surface area contributed by atoms with Crippen LogP contribution in [-0.2, 0) is 6.61 Å². The van der Waals surface area contributed by atoms with Crippen molar-refractivity contribution in [2.75, 3.05) is 7.11 Å². The fourth-order valence-corrected chi connectivity index (χ4v) is 3.08. The average Bonchev–Trinajstić information content (AvgIpc) is 2.67. The van der Waals surface area contributed by atoms with Crippen LogP contribution in [0.1, 0.15) is 24.3 Å². The Morgan fingerprint density at radius 1 is 1.15 bits per heavy atom. The Labute approximate surface area is 165 Å². The number of aliphatic hydroxyl groups excluding tert-OH is 1. The molecule has 1 unspecified atom stereocenters. The number of methoxy groups -OCH3 is 1. The van der Waals surface area contributed by atoms with Crippen molar-refractivity contribution in [2.45, 2.75) is 19.6 Å². The van der Waals surface area contributed by atoms with E-state index in [1.54, 1.807) is 24.8 Å². The van der Waals surface area contributed by atoms with E-state index in [0.29, 0.717) is 5.69 Å². The number of aliphatic hydroxyl groups is 1. The summed E-state index contributed by atoms with van der Waals surface area (Å²) in [7, 11) is 1.61. The van der Waals surface area contributed by atoms with E-state index in [9.17, 15) is 9.90 Å². The standard InChI is InChI=1S/C21H20BrNO4/c1-14(24)19-11-20(25)21(12-23(19)17-5-3-4-16(22)10-17)27-13-15-6-8-18(26-2)9-7-15/h3-12,14,24H,13H2,1-2H3. The molecule has 0 aliphatic carbocycles. The van der Waals surface area contributed by atoms with Gasteiger partial charge in [-0.3, -0.25) is 4.79 Å². The molecule has 0 saturated carbocycles. The smallest absolute Gasteiger partial charge is 0.223 e. The molecule has 0 radical (unpaired) electrons. The maximum atomic E-state index is 12.4. The zero-order valence-electron chi connectivity index (χ0n) is 15.1. The Balaban J connectivity index is 1.93. The SMILES string of the molecule is COc1ccc(COc2cn(-c3cccc(Br)c3)c(C(C)O)cc2=O)cc1. The van der Waals surface area contributed by atoms with E-state index >= 15 is 0 Å². The summed E-state index contributed by atoms with van der Waals surface area (Å²) in [5.41, 5.74) is 1.96. The third-order valence-electron chi connectivity index (χ3n) is 4.11. The van der Waals surface area contributed by atoms with Gasteiger partial charge in [0, 0.05) is 16.2 Å². The molecule has 0 bridgehead atoms. The van der Waals surface area contributed by atoms with Gasteiger partial charge in [0.25, 0.3) is 0 Å². The van der Waals surface area contributed by atoms with Crippen molar-refractivity contribution in [1.82, 2.24) is 4.57 Å². The molecule has 1 N–H and O–H groups in total. The lowest BCUT2D eigenvalue weighted by molar-refractivity contribution is 0.191. The largest absolute Gasteiger partial charge is 0.497 e. The molecular formula is C21H20BrNO4. The summed E-state index contributed by atoms with van der Waals surface area (Å²) in [6.07, 6.45) is 0.822. The first-order valence-corrected chi connectivity index (χ1v) is 9.23. The van der Waals surface area contributed by atoms with Crippen LogP contribution in [0.25, 0.3) is 5.69 Å². The zero-order valence-corrected chi connectivity index (χ0v) is 16.6. The van der Waals surface area contributed by atoms with Crippen molar-refractivity contribution < 1.29 is 14.6 Å². The van der Waals surface area contributed by atoms with Crippen LogP contribution in [0.15, 0.2) is 70.1 Å². The molecule has 5 nitrogen and oxygen atoms in total. The molecule has 0 aliphatic heterocycles. The van der Waals surface area contributed by atoms with E-state index in [4.69, 9.17) is 9.47 Å². The molecular weight excluding hydrogens is 410 g/mol. The minimum absolute atomic E-state index is 0.218. The molecule has 6 heteroatoms. The van der Waals surface area contributed by atoms with Crippen molar-refractivity contribution in [3.05, 3.63) is 86.7 Å². The van der Waals surface area contributed by atoms with Gasteiger partial charge in [-0.2, -0.15) is 0 Å². The Morgan fingerprint density at radius 3 is 2.52 bits per heavy atom. The normalized spacial score (nSPS) is 11.9. The predicted molar refractivity (Wildman–Crippen MR) is 108 cm³/mol. The third-order valence-corrected chi connectivity index (χ3v) is 4.61. The highest BCUT2D eigenvalue weighted by Gasteiger charge is 2.13.